The van der Waals surface area contributed by atoms with Crippen LogP contribution < -0.4 is 0 Å². The lowest BCUT2D eigenvalue weighted by atomic mass is 10.1. The van der Waals surface area contributed by atoms with Gasteiger partial charge >= 0.3 is 0 Å². The highest BCUT2D eigenvalue weighted by Gasteiger charge is 2.24. The van der Waals surface area contributed by atoms with Crippen LogP contribution in [-0.4, -0.2) is 74.5 Å². The van der Waals surface area contributed by atoms with Crippen molar-refractivity contribution in [2.45, 2.75) is 39.2 Å². The van der Waals surface area contributed by atoms with Gasteiger partial charge in [0.25, 0.3) is 0 Å². The molecule has 0 N–H and O–H groups in total. The molecular weight excluding hydrogens is 252 g/mol. The van der Waals surface area contributed by atoms with E-state index in [0.717, 1.165) is 45.2 Å². The van der Waals surface area contributed by atoms with E-state index in [1.54, 1.807) is 0 Å². The molecule has 0 aromatic heterocycles. The number of ether oxygens (including phenoxy) is 2. The SMILES string of the molecule is CC(C)(C)OCCCN1CC[C@@H](CN2CCOCC2)C1. The largest absolute Gasteiger partial charge is 0.379 e. The minimum Gasteiger partial charge on any atom is -0.379 e. The van der Waals surface area contributed by atoms with Crippen molar-refractivity contribution in [2.24, 2.45) is 5.92 Å². The standard InChI is InChI=1S/C16H32N2O2/c1-16(2,3)20-10-4-6-17-7-5-15(13-17)14-18-8-11-19-12-9-18/h15H,4-14H2,1-3H3/t15-/m1/s1. The summed E-state index contributed by atoms with van der Waals surface area (Å²) in [5, 5.41) is 0. The molecule has 2 aliphatic heterocycles. The second kappa shape index (κ2) is 7.74. The second-order valence-electron chi connectivity index (χ2n) is 7.18. The molecule has 2 aliphatic rings. The molecule has 0 bridgehead atoms. The van der Waals surface area contributed by atoms with Crippen LogP contribution in [0.1, 0.15) is 33.6 Å². The molecule has 0 amide bonds. The van der Waals surface area contributed by atoms with Gasteiger partial charge in [-0.25, -0.2) is 0 Å². The molecule has 0 saturated carbocycles. The van der Waals surface area contributed by atoms with Gasteiger partial charge in [-0.15, -0.1) is 0 Å². The normalized spacial score (nSPS) is 26.2. The van der Waals surface area contributed by atoms with E-state index < -0.39 is 0 Å². The smallest absolute Gasteiger partial charge is 0.0598 e. The van der Waals surface area contributed by atoms with Crippen LogP contribution in [0.25, 0.3) is 0 Å². The lowest BCUT2D eigenvalue weighted by Crippen LogP contribution is -2.40. The monoisotopic (exact) mass is 284 g/mol. The fraction of sp³-hybridized carbons (Fsp3) is 1.00. The molecule has 2 fully saturated rings. The Bertz CT molecular complexity index is 272. The Labute approximate surface area is 124 Å². The van der Waals surface area contributed by atoms with Crippen molar-refractivity contribution < 1.29 is 9.47 Å². The van der Waals surface area contributed by atoms with Crippen molar-refractivity contribution in [2.75, 3.05) is 59.1 Å². The Hall–Kier alpha value is -0.160. The summed E-state index contributed by atoms with van der Waals surface area (Å²) >= 11 is 0. The van der Waals surface area contributed by atoms with Crippen LogP contribution in [0.2, 0.25) is 0 Å². The Morgan fingerprint density at radius 1 is 1.10 bits per heavy atom. The zero-order chi connectivity index (χ0) is 14.4. The fourth-order valence-corrected chi connectivity index (χ4v) is 3.08. The van der Waals surface area contributed by atoms with Crippen LogP contribution in [0, 0.1) is 5.92 Å². The molecule has 0 radical (unpaired) electrons. The molecule has 1 atom stereocenters. The maximum Gasteiger partial charge on any atom is 0.0598 e. The highest BCUT2D eigenvalue weighted by molar-refractivity contribution is 4.79. The minimum absolute atomic E-state index is 0.00385. The second-order valence-corrected chi connectivity index (χ2v) is 7.18. The van der Waals surface area contributed by atoms with Crippen molar-refractivity contribution >= 4 is 0 Å². The first-order valence-electron chi connectivity index (χ1n) is 8.19. The van der Waals surface area contributed by atoms with Gasteiger partial charge in [-0.2, -0.15) is 0 Å². The first-order chi connectivity index (χ1) is 9.53. The van der Waals surface area contributed by atoms with Gasteiger partial charge in [0, 0.05) is 39.3 Å². The van der Waals surface area contributed by atoms with Crippen LogP contribution in [0.3, 0.4) is 0 Å². The van der Waals surface area contributed by atoms with E-state index in [0.29, 0.717) is 0 Å². The van der Waals surface area contributed by atoms with E-state index in [2.05, 4.69) is 30.6 Å². The van der Waals surface area contributed by atoms with Gasteiger partial charge < -0.3 is 14.4 Å². The van der Waals surface area contributed by atoms with E-state index >= 15 is 0 Å². The number of nitrogens with zero attached hydrogens (tertiary/aromatic N) is 2. The van der Waals surface area contributed by atoms with Crippen molar-refractivity contribution in [3.8, 4) is 0 Å². The van der Waals surface area contributed by atoms with E-state index in [1.165, 1.54) is 32.6 Å². The number of likely N-dealkylation sites (tertiary alicyclic amines) is 1. The lowest BCUT2D eigenvalue weighted by Gasteiger charge is -2.29. The Balaban J connectivity index is 1.55. The maximum atomic E-state index is 5.79. The molecule has 4 nitrogen and oxygen atoms in total. The maximum absolute atomic E-state index is 5.79. The predicted molar refractivity (Wildman–Crippen MR) is 82.1 cm³/mol. The van der Waals surface area contributed by atoms with Crippen molar-refractivity contribution in [3.05, 3.63) is 0 Å². The molecule has 0 spiro atoms. The van der Waals surface area contributed by atoms with Crippen LogP contribution in [-0.2, 0) is 9.47 Å². The van der Waals surface area contributed by atoms with Crippen LogP contribution in [0.5, 0.6) is 0 Å². The third-order valence-electron chi connectivity index (χ3n) is 4.14. The molecule has 0 unspecified atom stereocenters. The highest BCUT2D eigenvalue weighted by Crippen LogP contribution is 2.18. The molecule has 0 aromatic rings. The molecule has 0 aliphatic carbocycles. The molecule has 2 rings (SSSR count). The average Bonchev–Trinajstić information content (AvgIpc) is 2.82. The Morgan fingerprint density at radius 2 is 1.85 bits per heavy atom. The van der Waals surface area contributed by atoms with Crippen molar-refractivity contribution in [1.29, 1.82) is 0 Å². The van der Waals surface area contributed by atoms with Gasteiger partial charge in [0.15, 0.2) is 0 Å². The average molecular weight is 284 g/mol. The van der Waals surface area contributed by atoms with Crippen molar-refractivity contribution in [1.82, 2.24) is 9.80 Å². The quantitative estimate of drug-likeness (QED) is 0.695. The number of hydrogen-bond acceptors (Lipinski definition) is 4. The van der Waals surface area contributed by atoms with Gasteiger partial charge in [0.1, 0.15) is 0 Å². The summed E-state index contributed by atoms with van der Waals surface area (Å²) in [5.74, 6) is 0.858. The Morgan fingerprint density at radius 3 is 2.55 bits per heavy atom. The zero-order valence-electron chi connectivity index (χ0n) is 13.6. The summed E-state index contributed by atoms with van der Waals surface area (Å²) in [6.07, 6.45) is 2.51. The molecule has 118 valence electrons. The fourth-order valence-electron chi connectivity index (χ4n) is 3.08. The van der Waals surface area contributed by atoms with E-state index in [9.17, 15) is 0 Å². The van der Waals surface area contributed by atoms with E-state index in [4.69, 9.17) is 9.47 Å². The third kappa shape index (κ3) is 6.08. The summed E-state index contributed by atoms with van der Waals surface area (Å²) in [7, 11) is 0. The molecular formula is C16H32N2O2. The number of morpholine rings is 1. The van der Waals surface area contributed by atoms with Crippen LogP contribution in [0.4, 0.5) is 0 Å². The Kier molecular flexibility index (Phi) is 6.27. The molecule has 2 heterocycles. The van der Waals surface area contributed by atoms with Gasteiger partial charge in [-0.1, -0.05) is 0 Å². The predicted octanol–water partition coefficient (Wildman–Crippen LogP) is 1.85. The van der Waals surface area contributed by atoms with Crippen LogP contribution >= 0.6 is 0 Å². The summed E-state index contributed by atoms with van der Waals surface area (Å²) in [6, 6.07) is 0. The van der Waals surface area contributed by atoms with Gasteiger partial charge in [0.05, 0.1) is 18.8 Å². The number of hydrogen-bond donors (Lipinski definition) is 0. The minimum atomic E-state index is 0.00385. The van der Waals surface area contributed by atoms with Crippen LogP contribution in [0.15, 0.2) is 0 Å². The van der Waals surface area contributed by atoms with E-state index in [-0.39, 0.29) is 5.60 Å². The molecule has 20 heavy (non-hydrogen) atoms. The van der Waals surface area contributed by atoms with Gasteiger partial charge in [-0.3, -0.25) is 4.90 Å². The number of rotatable bonds is 6. The zero-order valence-corrected chi connectivity index (χ0v) is 13.6. The summed E-state index contributed by atoms with van der Waals surface area (Å²) in [4.78, 5) is 5.18. The first kappa shape index (κ1) is 16.2. The van der Waals surface area contributed by atoms with Crippen molar-refractivity contribution in [3.63, 3.8) is 0 Å². The first-order valence-corrected chi connectivity index (χ1v) is 8.19. The topological polar surface area (TPSA) is 24.9 Å². The third-order valence-corrected chi connectivity index (χ3v) is 4.14. The molecule has 0 aromatic carbocycles. The summed E-state index contributed by atoms with van der Waals surface area (Å²) in [6.45, 7) is 16.3. The van der Waals surface area contributed by atoms with Gasteiger partial charge in [-0.05, 0) is 46.1 Å². The summed E-state index contributed by atoms with van der Waals surface area (Å²) in [5.41, 5.74) is 0.00385. The summed E-state index contributed by atoms with van der Waals surface area (Å²) < 4.78 is 11.2. The lowest BCUT2D eigenvalue weighted by molar-refractivity contribution is -0.00654. The molecule has 4 heteroatoms. The highest BCUT2D eigenvalue weighted by atomic mass is 16.5. The molecule has 2 saturated heterocycles. The van der Waals surface area contributed by atoms with Gasteiger partial charge in [0.2, 0.25) is 0 Å². The van der Waals surface area contributed by atoms with E-state index in [1.807, 2.05) is 0 Å².